The van der Waals surface area contributed by atoms with Crippen LogP contribution >= 0.6 is 12.2 Å². The summed E-state index contributed by atoms with van der Waals surface area (Å²) in [6, 6.07) is 14.2. The van der Waals surface area contributed by atoms with Crippen molar-refractivity contribution in [1.29, 1.82) is 0 Å². The van der Waals surface area contributed by atoms with E-state index >= 15 is 0 Å². The predicted molar refractivity (Wildman–Crippen MR) is 111 cm³/mol. The van der Waals surface area contributed by atoms with Gasteiger partial charge in [-0.3, -0.25) is 0 Å². The van der Waals surface area contributed by atoms with Gasteiger partial charge in [0.1, 0.15) is 5.82 Å². The first kappa shape index (κ1) is 18.8. The molecule has 0 heterocycles. The Bertz CT molecular complexity index is 793. The molecular formula is C22H27FN2S. The van der Waals surface area contributed by atoms with Crippen LogP contribution in [0.1, 0.15) is 49.8 Å². The van der Waals surface area contributed by atoms with Gasteiger partial charge in [-0.2, -0.15) is 0 Å². The third-order valence-corrected chi connectivity index (χ3v) is 5.55. The molecule has 26 heavy (non-hydrogen) atoms. The topological polar surface area (TPSA) is 24.1 Å². The van der Waals surface area contributed by atoms with Crippen LogP contribution in [0.3, 0.4) is 0 Å². The molecule has 2 aromatic carbocycles. The van der Waals surface area contributed by atoms with Gasteiger partial charge < -0.3 is 10.6 Å². The Labute approximate surface area is 161 Å². The molecule has 0 aromatic heterocycles. The Hall–Kier alpha value is -1.94. The van der Waals surface area contributed by atoms with Crippen molar-refractivity contribution in [3.8, 4) is 0 Å². The number of anilines is 1. The van der Waals surface area contributed by atoms with Gasteiger partial charge in [0.05, 0.1) is 10.7 Å². The number of hydrogen-bond donors (Lipinski definition) is 2. The fourth-order valence-corrected chi connectivity index (χ4v) is 3.61. The van der Waals surface area contributed by atoms with Gasteiger partial charge in [-0.1, -0.05) is 63.3 Å². The summed E-state index contributed by atoms with van der Waals surface area (Å²) in [6.45, 7) is 7.25. The van der Waals surface area contributed by atoms with Crippen LogP contribution in [-0.4, -0.2) is 12.0 Å². The van der Waals surface area contributed by atoms with Crippen molar-refractivity contribution in [3.63, 3.8) is 0 Å². The van der Waals surface area contributed by atoms with Crippen LogP contribution in [-0.2, 0) is 12.0 Å². The molecule has 0 radical (unpaired) electrons. The lowest BCUT2D eigenvalue weighted by molar-refractivity contribution is 0.590. The lowest BCUT2D eigenvalue weighted by Crippen LogP contribution is -2.23. The van der Waals surface area contributed by atoms with Gasteiger partial charge in [-0.05, 0) is 46.6 Å². The molecule has 0 bridgehead atoms. The van der Waals surface area contributed by atoms with Crippen molar-refractivity contribution in [1.82, 2.24) is 5.32 Å². The Morgan fingerprint density at radius 2 is 1.85 bits per heavy atom. The van der Waals surface area contributed by atoms with Crippen molar-refractivity contribution < 1.29 is 4.39 Å². The normalized spacial score (nSPS) is 19.1. The Balaban J connectivity index is 1.55. The molecule has 3 rings (SSSR count). The lowest BCUT2D eigenvalue weighted by atomic mass is 9.86. The second kappa shape index (κ2) is 7.36. The fraction of sp³-hybridized carbons (Fsp3) is 0.409. The number of thiocarbonyl (C=S) groups is 1. The summed E-state index contributed by atoms with van der Waals surface area (Å²) >= 11 is 5.57. The van der Waals surface area contributed by atoms with Gasteiger partial charge in [0, 0.05) is 19.5 Å². The number of hydrogen-bond acceptors (Lipinski definition) is 2. The van der Waals surface area contributed by atoms with Crippen LogP contribution < -0.4 is 10.6 Å². The summed E-state index contributed by atoms with van der Waals surface area (Å²) in [7, 11) is 1.72. The molecule has 0 spiro atoms. The smallest absolute Gasteiger partial charge is 0.146 e. The van der Waals surface area contributed by atoms with Crippen LogP contribution in [0.25, 0.3) is 0 Å². The third kappa shape index (κ3) is 4.24. The lowest BCUT2D eigenvalue weighted by Gasteiger charge is -2.19. The van der Waals surface area contributed by atoms with E-state index in [1.54, 1.807) is 19.2 Å². The molecule has 1 fully saturated rings. The highest BCUT2D eigenvalue weighted by Crippen LogP contribution is 2.48. The van der Waals surface area contributed by atoms with Crippen molar-refractivity contribution >= 4 is 22.9 Å². The maximum absolute atomic E-state index is 13.8. The number of benzene rings is 2. The first-order valence-corrected chi connectivity index (χ1v) is 9.55. The molecule has 2 nitrogen and oxygen atoms in total. The molecule has 1 saturated carbocycles. The monoisotopic (exact) mass is 370 g/mol. The molecule has 2 atom stereocenters. The van der Waals surface area contributed by atoms with Gasteiger partial charge >= 0.3 is 0 Å². The standard InChI is InChI=1S/C22H27FN2S/c1-22(2,3)16-8-6-15(7-9-16)17-12-18(17)21(26)25-13-14-5-10-20(24-4)19(23)11-14/h5-11,17-18,24H,12-13H2,1-4H3,(H,25,26). The zero-order valence-corrected chi connectivity index (χ0v) is 16.7. The van der Waals surface area contributed by atoms with Gasteiger partial charge in [0.2, 0.25) is 0 Å². The Morgan fingerprint density at radius 3 is 2.42 bits per heavy atom. The largest absolute Gasteiger partial charge is 0.386 e. The highest BCUT2D eigenvalue weighted by atomic mass is 32.1. The second-order valence-corrected chi connectivity index (χ2v) is 8.54. The molecule has 1 aliphatic rings. The van der Waals surface area contributed by atoms with E-state index in [1.807, 2.05) is 6.07 Å². The summed E-state index contributed by atoms with van der Waals surface area (Å²) < 4.78 is 13.8. The van der Waals surface area contributed by atoms with Gasteiger partial charge in [0.15, 0.2) is 0 Å². The first-order valence-electron chi connectivity index (χ1n) is 9.14. The van der Waals surface area contributed by atoms with Gasteiger partial charge in [-0.15, -0.1) is 0 Å². The summed E-state index contributed by atoms with van der Waals surface area (Å²) in [5.74, 6) is 0.667. The average Bonchev–Trinajstić information content (AvgIpc) is 3.40. The minimum Gasteiger partial charge on any atom is -0.386 e. The van der Waals surface area contributed by atoms with E-state index in [0.29, 0.717) is 24.1 Å². The SMILES string of the molecule is CNc1ccc(CNC(=S)C2CC2c2ccc(C(C)(C)C)cc2)cc1F. The molecule has 138 valence electrons. The van der Waals surface area contributed by atoms with E-state index in [2.05, 4.69) is 55.7 Å². The van der Waals surface area contributed by atoms with Crippen LogP contribution in [0.2, 0.25) is 0 Å². The molecule has 2 N–H and O–H groups in total. The maximum atomic E-state index is 13.8. The molecule has 0 aliphatic heterocycles. The fourth-order valence-electron chi connectivity index (χ4n) is 3.28. The van der Waals surface area contributed by atoms with Crippen LogP contribution in [0, 0.1) is 11.7 Å². The van der Waals surface area contributed by atoms with E-state index in [9.17, 15) is 4.39 Å². The highest BCUT2D eigenvalue weighted by Gasteiger charge is 2.41. The summed E-state index contributed by atoms with van der Waals surface area (Å²) in [5, 5.41) is 6.14. The number of rotatable bonds is 5. The molecule has 2 unspecified atom stereocenters. The minimum atomic E-state index is -0.235. The Morgan fingerprint density at radius 1 is 1.15 bits per heavy atom. The van der Waals surface area contributed by atoms with Gasteiger partial charge in [0.25, 0.3) is 0 Å². The van der Waals surface area contributed by atoms with Crippen molar-refractivity contribution in [2.75, 3.05) is 12.4 Å². The van der Waals surface area contributed by atoms with E-state index in [4.69, 9.17) is 12.2 Å². The predicted octanol–water partition coefficient (Wildman–Crippen LogP) is 5.39. The van der Waals surface area contributed by atoms with E-state index in [0.717, 1.165) is 17.0 Å². The van der Waals surface area contributed by atoms with E-state index in [1.165, 1.54) is 11.1 Å². The van der Waals surface area contributed by atoms with Crippen molar-refractivity contribution in [2.45, 2.75) is 45.1 Å². The molecule has 0 amide bonds. The van der Waals surface area contributed by atoms with Crippen LogP contribution in [0.5, 0.6) is 0 Å². The quantitative estimate of drug-likeness (QED) is 0.691. The van der Waals surface area contributed by atoms with Crippen LogP contribution in [0.4, 0.5) is 10.1 Å². The first-order chi connectivity index (χ1) is 12.3. The average molecular weight is 371 g/mol. The molecular weight excluding hydrogens is 343 g/mol. The zero-order chi connectivity index (χ0) is 18.9. The summed E-state index contributed by atoms with van der Waals surface area (Å²) in [6.07, 6.45) is 1.09. The van der Waals surface area contributed by atoms with E-state index in [-0.39, 0.29) is 11.2 Å². The molecule has 4 heteroatoms. The zero-order valence-electron chi connectivity index (χ0n) is 15.9. The summed E-state index contributed by atoms with van der Waals surface area (Å²) in [4.78, 5) is 0.882. The van der Waals surface area contributed by atoms with Crippen molar-refractivity contribution in [3.05, 3.63) is 65.0 Å². The number of halogens is 1. The van der Waals surface area contributed by atoms with Crippen molar-refractivity contribution in [2.24, 2.45) is 5.92 Å². The number of nitrogens with one attached hydrogen (secondary N) is 2. The van der Waals surface area contributed by atoms with Gasteiger partial charge in [-0.25, -0.2) is 4.39 Å². The third-order valence-electron chi connectivity index (χ3n) is 5.10. The molecule has 0 saturated heterocycles. The Kier molecular flexibility index (Phi) is 5.33. The maximum Gasteiger partial charge on any atom is 0.146 e. The second-order valence-electron chi connectivity index (χ2n) is 8.10. The van der Waals surface area contributed by atoms with Crippen LogP contribution in [0.15, 0.2) is 42.5 Å². The van der Waals surface area contributed by atoms with E-state index < -0.39 is 0 Å². The highest BCUT2D eigenvalue weighted by molar-refractivity contribution is 7.80. The minimum absolute atomic E-state index is 0.177. The molecule has 1 aliphatic carbocycles. The molecule has 2 aromatic rings. The summed E-state index contributed by atoms with van der Waals surface area (Å²) in [5.41, 5.74) is 4.30.